The van der Waals surface area contributed by atoms with Crippen LogP contribution in [0.25, 0.3) is 0 Å². The fourth-order valence-corrected chi connectivity index (χ4v) is 5.72. The van der Waals surface area contributed by atoms with E-state index >= 15 is 0 Å². The molecule has 1 aliphatic heterocycles. The summed E-state index contributed by atoms with van der Waals surface area (Å²) >= 11 is 0. The molecule has 0 saturated carbocycles. The smallest absolute Gasteiger partial charge is 0.471 e. The Hall–Kier alpha value is -5.29. The molecule has 3 aromatic carbocycles. The fraction of sp³-hybridized carbons (Fsp3) is 0.314. The van der Waals surface area contributed by atoms with Crippen molar-refractivity contribution in [2.24, 2.45) is 0 Å². The first-order chi connectivity index (χ1) is 24.4. The lowest BCUT2D eigenvalue weighted by molar-refractivity contribution is -0.173. The second kappa shape index (κ2) is 16.2. The molecule has 5 rings (SSSR count). The lowest BCUT2D eigenvalue weighted by Crippen LogP contribution is -2.43. The molecule has 2 heterocycles. The third kappa shape index (κ3) is 8.54. The highest BCUT2D eigenvalue weighted by Crippen LogP contribution is 2.42. The minimum Gasteiger partial charge on any atom is -0.497 e. The van der Waals surface area contributed by atoms with Crippen LogP contribution in [0.4, 0.5) is 13.2 Å². The molecule has 0 spiro atoms. The number of H-pyrrole nitrogens is 1. The van der Waals surface area contributed by atoms with Crippen molar-refractivity contribution >= 4 is 11.8 Å². The SMILES string of the molecule is COc1ccc(C(OC[C@@H]2O[C@H](n3ccc(=O)[nH]c3=O)C(OCC(=O)NCCNC(=O)C(F)(F)F)C2O)(c2ccccc2)c2ccccc2)cc1. The van der Waals surface area contributed by atoms with Crippen LogP contribution in [0.15, 0.2) is 107 Å². The van der Waals surface area contributed by atoms with Crippen LogP contribution in [0, 0.1) is 0 Å². The number of ether oxygens (including phenoxy) is 4. The van der Waals surface area contributed by atoms with Crippen molar-refractivity contribution in [2.75, 3.05) is 33.4 Å². The number of benzene rings is 3. The lowest BCUT2D eigenvalue weighted by Gasteiger charge is -2.37. The third-order valence-corrected chi connectivity index (χ3v) is 8.16. The maximum atomic E-state index is 12.8. The summed E-state index contributed by atoms with van der Waals surface area (Å²) in [6.45, 7) is -1.83. The van der Waals surface area contributed by atoms with Gasteiger partial charge in [0.1, 0.15) is 36.3 Å². The summed E-state index contributed by atoms with van der Waals surface area (Å²) in [5, 5.41) is 15.5. The van der Waals surface area contributed by atoms with E-state index in [2.05, 4.69) is 10.3 Å². The monoisotopic (exact) mass is 712 g/mol. The number of carbonyl (C=O) groups is 2. The number of halogens is 3. The maximum Gasteiger partial charge on any atom is 0.471 e. The third-order valence-electron chi connectivity index (χ3n) is 8.16. The number of aromatic amines is 1. The Morgan fingerprint density at radius 1 is 0.882 bits per heavy atom. The van der Waals surface area contributed by atoms with Gasteiger partial charge in [0.2, 0.25) is 5.91 Å². The van der Waals surface area contributed by atoms with Gasteiger partial charge in [0.15, 0.2) is 6.23 Å². The Morgan fingerprint density at radius 2 is 1.47 bits per heavy atom. The first kappa shape index (κ1) is 37.0. The van der Waals surface area contributed by atoms with Crippen LogP contribution >= 0.6 is 0 Å². The molecule has 4 aromatic rings. The van der Waals surface area contributed by atoms with Gasteiger partial charge in [-0.1, -0.05) is 72.8 Å². The number of carbonyl (C=O) groups excluding carboxylic acids is 2. The normalized spacial score (nSPS) is 19.0. The van der Waals surface area contributed by atoms with Crippen molar-refractivity contribution in [1.82, 2.24) is 20.2 Å². The number of alkyl halides is 3. The fourth-order valence-electron chi connectivity index (χ4n) is 5.72. The van der Waals surface area contributed by atoms with Crippen LogP contribution < -0.4 is 26.6 Å². The van der Waals surface area contributed by atoms with E-state index in [0.29, 0.717) is 5.75 Å². The highest BCUT2D eigenvalue weighted by atomic mass is 19.4. The molecule has 0 radical (unpaired) electrons. The molecule has 2 unspecified atom stereocenters. The van der Waals surface area contributed by atoms with Crippen molar-refractivity contribution in [3.8, 4) is 5.75 Å². The van der Waals surface area contributed by atoms with Gasteiger partial charge in [0.25, 0.3) is 5.56 Å². The van der Waals surface area contributed by atoms with E-state index in [4.69, 9.17) is 18.9 Å². The van der Waals surface area contributed by atoms with Crippen molar-refractivity contribution < 1.29 is 46.8 Å². The van der Waals surface area contributed by atoms with Crippen LogP contribution in [0.3, 0.4) is 0 Å². The molecule has 1 aliphatic rings. The van der Waals surface area contributed by atoms with Crippen molar-refractivity contribution in [1.29, 1.82) is 0 Å². The Bertz CT molecular complexity index is 1850. The summed E-state index contributed by atoms with van der Waals surface area (Å²) < 4.78 is 62.3. The van der Waals surface area contributed by atoms with E-state index in [1.807, 2.05) is 72.8 Å². The molecule has 1 fully saturated rings. The quantitative estimate of drug-likeness (QED) is 0.113. The highest BCUT2D eigenvalue weighted by molar-refractivity contribution is 5.81. The molecule has 13 nitrogen and oxygen atoms in total. The average Bonchev–Trinajstić information content (AvgIpc) is 3.44. The Morgan fingerprint density at radius 3 is 2.04 bits per heavy atom. The molecule has 51 heavy (non-hydrogen) atoms. The van der Waals surface area contributed by atoms with Crippen molar-refractivity contribution in [3.05, 3.63) is 135 Å². The summed E-state index contributed by atoms with van der Waals surface area (Å²) in [4.78, 5) is 50.2. The molecular weight excluding hydrogens is 677 g/mol. The Labute approximate surface area is 288 Å². The summed E-state index contributed by atoms with van der Waals surface area (Å²) in [7, 11) is 1.55. The first-order valence-electron chi connectivity index (χ1n) is 15.7. The molecule has 1 saturated heterocycles. The van der Waals surface area contributed by atoms with Crippen LogP contribution in [-0.4, -0.2) is 84.4 Å². The summed E-state index contributed by atoms with van der Waals surface area (Å²) in [5.41, 5.74) is -0.587. The summed E-state index contributed by atoms with van der Waals surface area (Å²) in [5.74, 6) is -2.33. The molecule has 0 aliphatic carbocycles. The van der Waals surface area contributed by atoms with Crippen LogP contribution in [0.5, 0.6) is 5.75 Å². The zero-order valence-corrected chi connectivity index (χ0v) is 27.2. The number of hydrogen-bond acceptors (Lipinski definition) is 9. The standard InChI is InChI=1S/C35H35F3N4O9/c1-48-25-14-12-24(13-15-25)34(22-8-4-2-5-9-22,23-10-6-3-7-11-23)50-20-26-29(45)30(31(51-26)42-19-16-27(43)41-33(42)47)49-21-28(44)39-17-18-40-32(46)35(36,37)38/h2-16,19,26,29-31,45H,17-18,20-21H2,1H3,(H,39,44)(H,40,46)(H,41,43,47)/t26-,29?,30?,31-/m0/s1. The second-order valence-corrected chi connectivity index (χ2v) is 11.4. The van der Waals surface area contributed by atoms with Gasteiger partial charge in [-0.25, -0.2) is 4.79 Å². The molecule has 16 heteroatoms. The van der Waals surface area contributed by atoms with E-state index in [1.165, 1.54) is 0 Å². The zero-order chi connectivity index (χ0) is 36.6. The minimum absolute atomic E-state index is 0.267. The first-order valence-corrected chi connectivity index (χ1v) is 15.7. The van der Waals surface area contributed by atoms with Crippen molar-refractivity contribution in [2.45, 2.75) is 36.3 Å². The molecule has 0 bridgehead atoms. The number of methoxy groups -OCH3 is 1. The van der Waals surface area contributed by atoms with E-state index in [-0.39, 0.29) is 13.2 Å². The predicted molar refractivity (Wildman–Crippen MR) is 175 cm³/mol. The number of hydrogen-bond donors (Lipinski definition) is 4. The van der Waals surface area contributed by atoms with Gasteiger partial charge in [-0.3, -0.25) is 23.9 Å². The largest absolute Gasteiger partial charge is 0.497 e. The topological polar surface area (TPSA) is 170 Å². The van der Waals surface area contributed by atoms with E-state index in [0.717, 1.165) is 33.5 Å². The molecule has 1 aromatic heterocycles. The van der Waals surface area contributed by atoms with E-state index in [1.54, 1.807) is 24.6 Å². The number of amides is 2. The Balaban J connectivity index is 1.40. The van der Waals surface area contributed by atoms with Gasteiger partial charge in [0.05, 0.1) is 13.7 Å². The molecular formula is C35H35F3N4O9. The number of aromatic nitrogens is 2. The minimum atomic E-state index is -5.07. The summed E-state index contributed by atoms with van der Waals surface area (Å²) in [6.07, 6.45) is -9.27. The van der Waals surface area contributed by atoms with Gasteiger partial charge in [-0.05, 0) is 28.8 Å². The van der Waals surface area contributed by atoms with E-state index in [9.17, 15) is 37.5 Å². The number of rotatable bonds is 14. The molecule has 2 amide bonds. The lowest BCUT2D eigenvalue weighted by atomic mass is 9.80. The van der Waals surface area contributed by atoms with Gasteiger partial charge in [0, 0.05) is 25.4 Å². The summed E-state index contributed by atoms with van der Waals surface area (Å²) in [6, 6.07) is 27.1. The number of nitrogens with one attached hydrogen (secondary N) is 3. The van der Waals surface area contributed by atoms with E-state index < -0.39 is 72.5 Å². The molecule has 270 valence electrons. The maximum absolute atomic E-state index is 12.8. The predicted octanol–water partition coefficient (Wildman–Crippen LogP) is 1.99. The zero-order valence-electron chi connectivity index (χ0n) is 27.2. The highest BCUT2D eigenvalue weighted by Gasteiger charge is 2.48. The molecule has 4 atom stereocenters. The van der Waals surface area contributed by atoms with Crippen LogP contribution in [0.1, 0.15) is 22.9 Å². The van der Waals surface area contributed by atoms with Crippen LogP contribution in [-0.2, 0) is 29.4 Å². The van der Waals surface area contributed by atoms with Gasteiger partial charge >= 0.3 is 17.8 Å². The second-order valence-electron chi connectivity index (χ2n) is 11.4. The van der Waals surface area contributed by atoms with Gasteiger partial charge < -0.3 is 34.7 Å². The Kier molecular flexibility index (Phi) is 11.7. The molecule has 4 N–H and O–H groups in total. The number of nitrogens with zero attached hydrogens (tertiary/aromatic N) is 1. The van der Waals surface area contributed by atoms with Gasteiger partial charge in [-0.2, -0.15) is 13.2 Å². The van der Waals surface area contributed by atoms with Gasteiger partial charge in [-0.15, -0.1) is 0 Å². The number of aliphatic hydroxyl groups is 1. The van der Waals surface area contributed by atoms with Crippen molar-refractivity contribution in [3.63, 3.8) is 0 Å². The number of aliphatic hydroxyl groups excluding tert-OH is 1. The average molecular weight is 713 g/mol. The van der Waals surface area contributed by atoms with Crippen LogP contribution in [0.2, 0.25) is 0 Å².